The number of benzene rings is 15. The number of fused-ring (bicyclic) bond motifs is 14. The largest absolute Gasteiger partial charge is 0.0616 e. The quantitative estimate of drug-likeness (QED) is 0.123. The lowest BCUT2D eigenvalue weighted by molar-refractivity contribution is 1.70. The molecule has 0 saturated heterocycles. The minimum atomic E-state index is 1.24. The number of rotatable bonds is 3. The van der Waals surface area contributed by atoms with Crippen LogP contribution in [0.15, 0.2) is 243 Å². The van der Waals surface area contributed by atoms with Crippen LogP contribution in [0.4, 0.5) is 0 Å². The zero-order valence-electron chi connectivity index (χ0n) is 37.1. The van der Waals surface area contributed by atoms with Crippen LogP contribution in [-0.4, -0.2) is 0 Å². The van der Waals surface area contributed by atoms with Gasteiger partial charge in [0.05, 0.1) is 0 Å². The minimum Gasteiger partial charge on any atom is -0.0616 e. The van der Waals surface area contributed by atoms with Gasteiger partial charge in [0.15, 0.2) is 0 Å². The molecule has 0 aliphatic rings. The first-order valence-electron chi connectivity index (χ1n) is 23.7. The first kappa shape index (κ1) is 37.4. The molecule has 0 amide bonds. The molecular weight excluding hydrogens is 817 g/mol. The maximum Gasteiger partial charge on any atom is -0.00199 e. The smallest absolute Gasteiger partial charge is 0.00199 e. The summed E-state index contributed by atoms with van der Waals surface area (Å²) in [6.45, 7) is 0. The van der Waals surface area contributed by atoms with Crippen LogP contribution in [0, 0.1) is 0 Å². The molecule has 0 unspecified atom stereocenters. The third-order valence-corrected chi connectivity index (χ3v) is 15.1. The van der Waals surface area contributed by atoms with Gasteiger partial charge in [-0.15, -0.1) is 0 Å². The van der Waals surface area contributed by atoms with E-state index in [1.807, 2.05) is 0 Å². The third kappa shape index (κ3) is 5.37. The molecule has 0 nitrogen and oxygen atoms in total. The maximum absolute atomic E-state index is 2.45. The molecule has 0 heteroatoms. The lowest BCUT2D eigenvalue weighted by Crippen LogP contribution is -1.93. The zero-order chi connectivity index (χ0) is 44.5. The monoisotopic (exact) mass is 856 g/mol. The predicted octanol–water partition coefficient (Wildman–Crippen LogP) is 19.4. The van der Waals surface area contributed by atoms with Gasteiger partial charge in [-0.05, 0) is 194 Å². The molecule has 0 fully saturated rings. The van der Waals surface area contributed by atoms with Crippen LogP contribution in [0.2, 0.25) is 0 Å². The van der Waals surface area contributed by atoms with E-state index < -0.39 is 0 Å². The van der Waals surface area contributed by atoms with Crippen LogP contribution in [-0.2, 0) is 0 Å². The summed E-state index contributed by atoms with van der Waals surface area (Å²) in [5, 5.41) is 27.8. The van der Waals surface area contributed by atoms with Crippen molar-refractivity contribution in [2.75, 3.05) is 0 Å². The van der Waals surface area contributed by atoms with Gasteiger partial charge in [-0.25, -0.2) is 0 Å². The van der Waals surface area contributed by atoms with Crippen LogP contribution < -0.4 is 0 Å². The molecule has 0 saturated carbocycles. The Hall–Kier alpha value is -8.84. The van der Waals surface area contributed by atoms with Gasteiger partial charge in [0.25, 0.3) is 0 Å². The Labute approximate surface area is 392 Å². The summed E-state index contributed by atoms with van der Waals surface area (Å²) in [7, 11) is 0. The Balaban J connectivity index is 1.01. The van der Waals surface area contributed by atoms with E-state index in [1.165, 1.54) is 152 Å². The summed E-state index contributed by atoms with van der Waals surface area (Å²) >= 11 is 0. The van der Waals surface area contributed by atoms with Crippen molar-refractivity contribution in [1.29, 1.82) is 0 Å². The molecule has 15 aromatic carbocycles. The fourth-order valence-electron chi connectivity index (χ4n) is 12.1. The van der Waals surface area contributed by atoms with E-state index >= 15 is 0 Å². The van der Waals surface area contributed by atoms with Crippen molar-refractivity contribution in [3.63, 3.8) is 0 Å². The van der Waals surface area contributed by atoms with Crippen molar-refractivity contribution >= 4 is 118 Å². The van der Waals surface area contributed by atoms with Crippen molar-refractivity contribution in [2.24, 2.45) is 0 Å². The normalized spacial score (nSPS) is 12.1. The van der Waals surface area contributed by atoms with Crippen LogP contribution in [0.3, 0.4) is 0 Å². The Morgan fingerprint density at radius 2 is 0.441 bits per heavy atom. The van der Waals surface area contributed by atoms with E-state index in [0.717, 1.165) is 0 Å². The van der Waals surface area contributed by atoms with Crippen molar-refractivity contribution in [1.82, 2.24) is 0 Å². The van der Waals surface area contributed by atoms with Crippen LogP contribution in [0.1, 0.15) is 0 Å². The summed E-state index contributed by atoms with van der Waals surface area (Å²) in [4.78, 5) is 0. The van der Waals surface area contributed by atoms with Gasteiger partial charge in [-0.2, -0.15) is 0 Å². The molecule has 0 atom stereocenters. The molecular formula is C68H40. The SMILES string of the molecule is c1ccc2cc3c(cc(-c4c5ccccc5c(-c5cccc6c5ccc5c(-c7cc8cc9ccccc9cc8c8ccccc78)c7ccccc7cc56)c5ccccc45)c4ccccc43)cc2c1. The van der Waals surface area contributed by atoms with E-state index in [4.69, 9.17) is 0 Å². The van der Waals surface area contributed by atoms with Crippen molar-refractivity contribution in [2.45, 2.75) is 0 Å². The predicted molar refractivity (Wildman–Crippen MR) is 295 cm³/mol. The molecule has 15 rings (SSSR count). The molecule has 0 heterocycles. The van der Waals surface area contributed by atoms with Gasteiger partial charge >= 0.3 is 0 Å². The molecule has 0 bridgehead atoms. The molecule has 0 aliphatic carbocycles. The lowest BCUT2D eigenvalue weighted by atomic mass is 9.82. The molecule has 15 aromatic rings. The Bertz CT molecular complexity index is 4610. The molecule has 0 spiro atoms. The average molecular weight is 857 g/mol. The average Bonchev–Trinajstić information content (AvgIpc) is 3.40. The molecule has 0 aromatic heterocycles. The molecule has 68 heavy (non-hydrogen) atoms. The van der Waals surface area contributed by atoms with Crippen LogP contribution >= 0.6 is 0 Å². The summed E-state index contributed by atoms with van der Waals surface area (Å²) in [5.41, 5.74) is 7.62. The first-order valence-corrected chi connectivity index (χ1v) is 23.7. The third-order valence-electron chi connectivity index (χ3n) is 15.1. The zero-order valence-corrected chi connectivity index (χ0v) is 37.1. The second kappa shape index (κ2) is 14.3. The number of hydrogen-bond donors (Lipinski definition) is 0. The Kier molecular flexibility index (Phi) is 7.88. The fourth-order valence-corrected chi connectivity index (χ4v) is 12.1. The molecule has 0 radical (unpaired) electrons. The second-order valence-corrected chi connectivity index (χ2v) is 18.7. The summed E-state index contributed by atoms with van der Waals surface area (Å²) < 4.78 is 0. The van der Waals surface area contributed by atoms with Gasteiger partial charge in [-0.3, -0.25) is 0 Å². The second-order valence-electron chi connectivity index (χ2n) is 18.7. The first-order chi connectivity index (χ1) is 33.7. The molecule has 0 N–H and O–H groups in total. The van der Waals surface area contributed by atoms with Gasteiger partial charge in [0, 0.05) is 0 Å². The van der Waals surface area contributed by atoms with E-state index in [0.29, 0.717) is 0 Å². The van der Waals surface area contributed by atoms with Gasteiger partial charge in [0.2, 0.25) is 0 Å². The van der Waals surface area contributed by atoms with Crippen LogP contribution in [0.25, 0.3) is 152 Å². The standard InChI is InChI=1S/C68H40/c1-3-18-43-36-61-46(34-41(43)16-1)39-64(52-24-9-7-22-49(52)61)66-48-21-6-5-20-45(48)38-63-51-30-15-31-55(54(51)32-33-60(63)66)67-56-26-11-13-28-58(56)68(59-29-14-12-27-57(59)67)65-40-47-35-42-17-2-4-19-44(42)37-62(47)50-23-8-10-25-53(50)65/h1-40H. The van der Waals surface area contributed by atoms with Gasteiger partial charge in [-0.1, -0.05) is 200 Å². The lowest BCUT2D eigenvalue weighted by Gasteiger charge is -2.21. The molecule has 312 valence electrons. The van der Waals surface area contributed by atoms with E-state index in [-0.39, 0.29) is 0 Å². The van der Waals surface area contributed by atoms with Crippen molar-refractivity contribution in [3.05, 3.63) is 243 Å². The summed E-state index contributed by atoms with van der Waals surface area (Å²) in [6, 6.07) is 91.2. The highest BCUT2D eigenvalue weighted by atomic mass is 14.2. The highest BCUT2D eigenvalue weighted by molar-refractivity contribution is 6.30. The Morgan fingerprint density at radius 1 is 0.132 bits per heavy atom. The van der Waals surface area contributed by atoms with Crippen molar-refractivity contribution in [3.8, 4) is 33.4 Å². The maximum atomic E-state index is 2.45. The number of hydrogen-bond acceptors (Lipinski definition) is 0. The van der Waals surface area contributed by atoms with Crippen LogP contribution in [0.5, 0.6) is 0 Å². The van der Waals surface area contributed by atoms with E-state index in [9.17, 15) is 0 Å². The fraction of sp³-hybridized carbons (Fsp3) is 0. The van der Waals surface area contributed by atoms with E-state index in [1.54, 1.807) is 0 Å². The topological polar surface area (TPSA) is 0 Å². The Morgan fingerprint density at radius 3 is 0.956 bits per heavy atom. The van der Waals surface area contributed by atoms with Crippen molar-refractivity contribution < 1.29 is 0 Å². The summed E-state index contributed by atoms with van der Waals surface area (Å²) in [6.07, 6.45) is 0. The minimum absolute atomic E-state index is 1.24. The molecule has 0 aliphatic heterocycles. The van der Waals surface area contributed by atoms with Gasteiger partial charge in [0.1, 0.15) is 0 Å². The highest BCUT2D eigenvalue weighted by Gasteiger charge is 2.22. The van der Waals surface area contributed by atoms with Gasteiger partial charge < -0.3 is 0 Å². The highest BCUT2D eigenvalue weighted by Crippen LogP contribution is 2.50. The van der Waals surface area contributed by atoms with E-state index in [2.05, 4.69) is 243 Å². The summed E-state index contributed by atoms with van der Waals surface area (Å²) in [5.74, 6) is 0.